The lowest BCUT2D eigenvalue weighted by molar-refractivity contribution is -0.116. The molecule has 0 spiro atoms. The second-order valence-electron chi connectivity index (χ2n) is 6.66. The highest BCUT2D eigenvalue weighted by atomic mass is 19.1. The van der Waals surface area contributed by atoms with Gasteiger partial charge in [-0.2, -0.15) is 0 Å². The van der Waals surface area contributed by atoms with Gasteiger partial charge >= 0.3 is 0 Å². The fraction of sp³-hybridized carbons (Fsp3) is 0.381. The highest BCUT2D eigenvalue weighted by Crippen LogP contribution is 2.29. The Hall–Kier alpha value is -2.83. The first-order valence-electron chi connectivity index (χ1n) is 9.37. The van der Waals surface area contributed by atoms with Crippen molar-refractivity contribution in [2.45, 2.75) is 25.7 Å². The summed E-state index contributed by atoms with van der Waals surface area (Å²) >= 11 is 0. The summed E-state index contributed by atoms with van der Waals surface area (Å²) in [7, 11) is 1.59. The van der Waals surface area contributed by atoms with Crippen molar-refractivity contribution in [1.29, 1.82) is 0 Å². The van der Waals surface area contributed by atoms with E-state index in [1.165, 1.54) is 12.1 Å². The molecule has 1 fully saturated rings. The number of amides is 1. The summed E-state index contributed by atoms with van der Waals surface area (Å²) in [4.78, 5) is 13.7. The van der Waals surface area contributed by atoms with E-state index in [2.05, 4.69) is 5.32 Å². The van der Waals surface area contributed by atoms with Crippen LogP contribution in [-0.2, 0) is 4.79 Å². The lowest BCUT2D eigenvalue weighted by Gasteiger charge is -2.19. The quantitative estimate of drug-likeness (QED) is 0.680. The number of nitrogens with zero attached hydrogens (tertiary/aromatic N) is 1. The Morgan fingerprint density at radius 3 is 2.29 bits per heavy atom. The SMILES string of the molecule is COc1ccc(OCCCC(=O)Nc2cc(F)c(N3CCCC3)c(F)c2)cc1. The summed E-state index contributed by atoms with van der Waals surface area (Å²) < 4.78 is 39.2. The Balaban J connectivity index is 1.46. The third-order valence-corrected chi connectivity index (χ3v) is 4.60. The Kier molecular flexibility index (Phi) is 6.68. The van der Waals surface area contributed by atoms with Gasteiger partial charge < -0.3 is 19.7 Å². The molecule has 1 aliphatic rings. The summed E-state index contributed by atoms with van der Waals surface area (Å²) in [5, 5.41) is 2.55. The number of anilines is 2. The van der Waals surface area contributed by atoms with Gasteiger partial charge in [-0.05, 0) is 55.7 Å². The summed E-state index contributed by atoms with van der Waals surface area (Å²) in [6.07, 6.45) is 2.52. The van der Waals surface area contributed by atoms with Gasteiger partial charge in [-0.25, -0.2) is 8.78 Å². The summed E-state index contributed by atoms with van der Waals surface area (Å²) in [5.74, 6) is -0.198. The van der Waals surface area contributed by atoms with Crippen LogP contribution in [0.4, 0.5) is 20.2 Å². The average Bonchev–Trinajstić information content (AvgIpc) is 3.19. The first kappa shape index (κ1) is 19.9. The zero-order valence-electron chi connectivity index (χ0n) is 15.8. The molecule has 1 heterocycles. The molecule has 0 atom stereocenters. The van der Waals surface area contributed by atoms with Gasteiger partial charge in [0.25, 0.3) is 0 Å². The maximum atomic E-state index is 14.3. The van der Waals surface area contributed by atoms with Crippen LogP contribution in [0.15, 0.2) is 36.4 Å². The minimum absolute atomic E-state index is 0.0107. The van der Waals surface area contributed by atoms with Crippen molar-refractivity contribution < 1.29 is 23.0 Å². The molecule has 28 heavy (non-hydrogen) atoms. The van der Waals surface area contributed by atoms with Crippen LogP contribution in [0.25, 0.3) is 0 Å². The third-order valence-electron chi connectivity index (χ3n) is 4.60. The van der Waals surface area contributed by atoms with Crippen LogP contribution >= 0.6 is 0 Å². The first-order valence-corrected chi connectivity index (χ1v) is 9.37. The van der Waals surface area contributed by atoms with Crippen molar-refractivity contribution >= 4 is 17.3 Å². The van der Waals surface area contributed by atoms with Crippen molar-refractivity contribution in [3.63, 3.8) is 0 Å². The van der Waals surface area contributed by atoms with Gasteiger partial charge in [-0.1, -0.05) is 0 Å². The number of methoxy groups -OCH3 is 1. The van der Waals surface area contributed by atoms with Crippen molar-refractivity contribution in [3.8, 4) is 11.5 Å². The largest absolute Gasteiger partial charge is 0.497 e. The molecule has 1 N–H and O–H groups in total. The maximum Gasteiger partial charge on any atom is 0.224 e. The molecule has 0 aromatic heterocycles. The second kappa shape index (κ2) is 9.39. The molecule has 2 aromatic rings. The van der Waals surface area contributed by atoms with E-state index in [4.69, 9.17) is 9.47 Å². The number of halogens is 2. The number of hydrogen-bond donors (Lipinski definition) is 1. The van der Waals surface area contributed by atoms with E-state index < -0.39 is 11.6 Å². The van der Waals surface area contributed by atoms with E-state index >= 15 is 0 Å². The Bertz CT molecular complexity index is 783. The summed E-state index contributed by atoms with van der Waals surface area (Å²) in [6, 6.07) is 9.48. The molecule has 0 aliphatic carbocycles. The predicted octanol–water partition coefficient (Wildman–Crippen LogP) is 4.37. The molecule has 0 bridgehead atoms. The first-order chi connectivity index (χ1) is 13.6. The molecule has 7 heteroatoms. The zero-order valence-corrected chi connectivity index (χ0v) is 15.8. The van der Waals surface area contributed by atoms with E-state index in [9.17, 15) is 13.6 Å². The minimum Gasteiger partial charge on any atom is -0.497 e. The maximum absolute atomic E-state index is 14.3. The van der Waals surface area contributed by atoms with Gasteiger partial charge in [0.1, 0.15) is 17.2 Å². The fourth-order valence-corrected chi connectivity index (χ4v) is 3.20. The molecule has 150 valence electrons. The zero-order chi connectivity index (χ0) is 19.9. The van der Waals surface area contributed by atoms with E-state index in [0.29, 0.717) is 31.9 Å². The Morgan fingerprint density at radius 1 is 1.07 bits per heavy atom. The van der Waals surface area contributed by atoms with Crippen molar-refractivity contribution in [2.24, 2.45) is 0 Å². The molecule has 2 aromatic carbocycles. The van der Waals surface area contributed by atoms with Crippen LogP contribution < -0.4 is 19.7 Å². The molecular weight excluding hydrogens is 366 g/mol. The van der Waals surface area contributed by atoms with Crippen LogP contribution in [0.5, 0.6) is 11.5 Å². The standard InChI is InChI=1S/C21H24F2N2O3/c1-27-16-6-8-17(9-7-16)28-12-4-5-20(26)24-15-13-18(22)21(19(23)14-15)25-10-2-3-11-25/h6-9,13-14H,2-5,10-12H2,1H3,(H,24,26). The smallest absolute Gasteiger partial charge is 0.224 e. The van der Waals surface area contributed by atoms with Gasteiger partial charge in [0, 0.05) is 25.2 Å². The molecule has 0 radical (unpaired) electrons. The van der Waals surface area contributed by atoms with Crippen molar-refractivity contribution in [1.82, 2.24) is 0 Å². The van der Waals surface area contributed by atoms with Gasteiger partial charge in [0.05, 0.1) is 13.7 Å². The van der Waals surface area contributed by atoms with Crippen molar-refractivity contribution in [2.75, 3.05) is 37.0 Å². The van der Waals surface area contributed by atoms with Gasteiger partial charge in [0.15, 0.2) is 11.6 Å². The average molecular weight is 390 g/mol. The van der Waals surface area contributed by atoms with E-state index in [1.807, 2.05) is 0 Å². The van der Waals surface area contributed by atoms with Crippen LogP contribution in [0.1, 0.15) is 25.7 Å². The number of nitrogens with one attached hydrogen (secondary N) is 1. The van der Waals surface area contributed by atoms with Crippen LogP contribution in [0, 0.1) is 11.6 Å². The number of hydrogen-bond acceptors (Lipinski definition) is 4. The summed E-state index contributed by atoms with van der Waals surface area (Å²) in [6.45, 7) is 1.65. The number of benzene rings is 2. The second-order valence-corrected chi connectivity index (χ2v) is 6.66. The Morgan fingerprint density at radius 2 is 1.68 bits per heavy atom. The van der Waals surface area contributed by atoms with Gasteiger partial charge in [-0.15, -0.1) is 0 Å². The van der Waals surface area contributed by atoms with Gasteiger partial charge in [0.2, 0.25) is 5.91 Å². The monoisotopic (exact) mass is 390 g/mol. The van der Waals surface area contributed by atoms with E-state index in [-0.39, 0.29) is 23.7 Å². The normalized spacial score (nSPS) is 13.5. The molecule has 1 amide bonds. The molecule has 3 rings (SSSR count). The molecule has 1 saturated heterocycles. The van der Waals surface area contributed by atoms with Crippen molar-refractivity contribution in [3.05, 3.63) is 48.0 Å². The molecule has 1 aliphatic heterocycles. The summed E-state index contributed by atoms with van der Waals surface area (Å²) in [5.41, 5.74) is 0.113. The number of rotatable bonds is 8. The molecular formula is C21H24F2N2O3. The highest BCUT2D eigenvalue weighted by molar-refractivity contribution is 5.90. The molecule has 0 unspecified atom stereocenters. The highest BCUT2D eigenvalue weighted by Gasteiger charge is 2.21. The topological polar surface area (TPSA) is 50.8 Å². The molecule has 0 saturated carbocycles. The van der Waals surface area contributed by atoms with Crippen LogP contribution in [0.3, 0.4) is 0 Å². The minimum atomic E-state index is -0.653. The van der Waals surface area contributed by atoms with E-state index in [1.54, 1.807) is 36.3 Å². The number of carbonyl (C=O) groups excluding carboxylic acids is 1. The number of ether oxygens (including phenoxy) is 2. The van der Waals surface area contributed by atoms with Crippen LogP contribution in [0.2, 0.25) is 0 Å². The molecule has 5 nitrogen and oxygen atoms in total. The predicted molar refractivity (Wildman–Crippen MR) is 104 cm³/mol. The van der Waals surface area contributed by atoms with Crippen LogP contribution in [-0.4, -0.2) is 32.7 Å². The Labute approximate surface area is 163 Å². The lowest BCUT2D eigenvalue weighted by Crippen LogP contribution is -2.21. The fourth-order valence-electron chi connectivity index (χ4n) is 3.20. The third kappa shape index (κ3) is 5.12. The van der Waals surface area contributed by atoms with Gasteiger partial charge in [-0.3, -0.25) is 4.79 Å². The lowest BCUT2D eigenvalue weighted by atomic mass is 10.2. The number of carbonyl (C=O) groups is 1. The van der Waals surface area contributed by atoms with E-state index in [0.717, 1.165) is 18.6 Å².